The SMILES string of the molecule is Cc1cccc(-n2cc(CCC(=O)O)c(=O)cc2C)c1C. The van der Waals surface area contributed by atoms with Crippen molar-refractivity contribution in [3.8, 4) is 5.69 Å². The second-order valence-electron chi connectivity index (χ2n) is 5.29. The summed E-state index contributed by atoms with van der Waals surface area (Å²) in [7, 11) is 0. The van der Waals surface area contributed by atoms with Gasteiger partial charge in [0.1, 0.15) is 0 Å². The van der Waals surface area contributed by atoms with E-state index in [1.54, 1.807) is 12.3 Å². The number of aromatic nitrogens is 1. The first kappa shape index (κ1) is 15.0. The Kier molecular flexibility index (Phi) is 4.26. The van der Waals surface area contributed by atoms with Crippen LogP contribution in [0.1, 0.15) is 28.8 Å². The van der Waals surface area contributed by atoms with Crippen molar-refractivity contribution < 1.29 is 9.90 Å². The first-order valence-corrected chi connectivity index (χ1v) is 6.90. The smallest absolute Gasteiger partial charge is 0.303 e. The maximum atomic E-state index is 12.0. The molecule has 110 valence electrons. The number of rotatable bonds is 4. The summed E-state index contributed by atoms with van der Waals surface area (Å²) in [6.45, 7) is 5.96. The van der Waals surface area contributed by atoms with Gasteiger partial charge in [-0.05, 0) is 44.4 Å². The van der Waals surface area contributed by atoms with Crippen LogP contribution in [-0.4, -0.2) is 15.6 Å². The Morgan fingerprint density at radius 1 is 1.24 bits per heavy atom. The van der Waals surface area contributed by atoms with Gasteiger partial charge in [-0.25, -0.2) is 0 Å². The summed E-state index contributed by atoms with van der Waals surface area (Å²) < 4.78 is 1.96. The number of pyridine rings is 1. The number of benzene rings is 1. The van der Waals surface area contributed by atoms with Crippen molar-refractivity contribution in [3.63, 3.8) is 0 Å². The number of carboxylic acids is 1. The summed E-state index contributed by atoms with van der Waals surface area (Å²) in [6, 6.07) is 7.59. The molecule has 0 atom stereocenters. The average Bonchev–Trinajstić information content (AvgIpc) is 2.41. The molecule has 0 aliphatic rings. The van der Waals surface area contributed by atoms with E-state index in [1.165, 1.54) is 5.56 Å². The first-order chi connectivity index (χ1) is 9.90. The molecule has 21 heavy (non-hydrogen) atoms. The van der Waals surface area contributed by atoms with Gasteiger partial charge in [0.05, 0.1) is 0 Å². The fourth-order valence-electron chi connectivity index (χ4n) is 2.36. The van der Waals surface area contributed by atoms with Crippen LogP contribution in [-0.2, 0) is 11.2 Å². The van der Waals surface area contributed by atoms with Crippen LogP contribution >= 0.6 is 0 Å². The third-order valence-corrected chi connectivity index (χ3v) is 3.77. The summed E-state index contributed by atoms with van der Waals surface area (Å²) in [5, 5.41) is 8.78. The van der Waals surface area contributed by atoms with E-state index in [0.29, 0.717) is 5.56 Å². The van der Waals surface area contributed by atoms with Gasteiger partial charge in [0.2, 0.25) is 0 Å². The lowest BCUT2D eigenvalue weighted by Gasteiger charge is -2.16. The van der Waals surface area contributed by atoms with Crippen LogP contribution in [0.25, 0.3) is 5.69 Å². The van der Waals surface area contributed by atoms with Crippen molar-refractivity contribution in [2.45, 2.75) is 33.6 Å². The molecular formula is C17H19NO3. The molecule has 0 bridgehead atoms. The summed E-state index contributed by atoms with van der Waals surface area (Å²) in [4.78, 5) is 22.7. The van der Waals surface area contributed by atoms with Gasteiger partial charge in [-0.2, -0.15) is 0 Å². The van der Waals surface area contributed by atoms with E-state index in [0.717, 1.165) is 16.9 Å². The summed E-state index contributed by atoms with van der Waals surface area (Å²) in [5.41, 5.74) is 4.61. The molecule has 0 fully saturated rings. The third kappa shape index (κ3) is 3.21. The normalized spacial score (nSPS) is 10.6. The standard InChI is InChI=1S/C17H19NO3/c1-11-5-4-6-15(13(11)3)18-10-14(7-8-17(20)21)16(19)9-12(18)2/h4-6,9-10H,7-8H2,1-3H3,(H,20,21). The van der Waals surface area contributed by atoms with Gasteiger partial charge in [-0.3, -0.25) is 9.59 Å². The molecular weight excluding hydrogens is 266 g/mol. The molecule has 0 radical (unpaired) electrons. The highest BCUT2D eigenvalue weighted by Crippen LogP contribution is 2.19. The van der Waals surface area contributed by atoms with Crippen molar-refractivity contribution in [2.75, 3.05) is 0 Å². The topological polar surface area (TPSA) is 59.3 Å². The lowest BCUT2D eigenvalue weighted by Crippen LogP contribution is -2.16. The lowest BCUT2D eigenvalue weighted by molar-refractivity contribution is -0.136. The van der Waals surface area contributed by atoms with Crippen molar-refractivity contribution in [1.82, 2.24) is 4.57 Å². The van der Waals surface area contributed by atoms with Crippen molar-refractivity contribution in [3.05, 3.63) is 63.1 Å². The molecule has 0 saturated carbocycles. The molecule has 0 aliphatic heterocycles. The van der Waals surface area contributed by atoms with Gasteiger partial charge >= 0.3 is 5.97 Å². The number of hydrogen-bond acceptors (Lipinski definition) is 2. The van der Waals surface area contributed by atoms with Crippen LogP contribution < -0.4 is 5.43 Å². The minimum Gasteiger partial charge on any atom is -0.481 e. The Morgan fingerprint density at radius 2 is 1.95 bits per heavy atom. The number of carbonyl (C=O) groups is 1. The van der Waals surface area contributed by atoms with E-state index in [9.17, 15) is 9.59 Å². The number of carboxylic acid groups (broad SMARTS) is 1. The molecule has 1 heterocycles. The van der Waals surface area contributed by atoms with Crippen molar-refractivity contribution >= 4 is 5.97 Å². The van der Waals surface area contributed by atoms with Gasteiger partial charge in [0.15, 0.2) is 5.43 Å². The van der Waals surface area contributed by atoms with Crippen LogP contribution in [0, 0.1) is 20.8 Å². The minimum atomic E-state index is -0.895. The lowest BCUT2D eigenvalue weighted by atomic mass is 10.1. The van der Waals surface area contributed by atoms with Crippen molar-refractivity contribution in [1.29, 1.82) is 0 Å². The Morgan fingerprint density at radius 3 is 2.62 bits per heavy atom. The highest BCUT2D eigenvalue weighted by Gasteiger charge is 2.09. The number of aliphatic carboxylic acids is 1. The van der Waals surface area contributed by atoms with Crippen LogP contribution in [0.4, 0.5) is 0 Å². The Bertz CT molecular complexity index is 744. The fraction of sp³-hybridized carbons (Fsp3) is 0.294. The molecule has 0 amide bonds. The summed E-state index contributed by atoms with van der Waals surface area (Å²) >= 11 is 0. The first-order valence-electron chi connectivity index (χ1n) is 6.90. The predicted molar refractivity (Wildman–Crippen MR) is 82.2 cm³/mol. The highest BCUT2D eigenvalue weighted by atomic mass is 16.4. The number of nitrogens with zero attached hydrogens (tertiary/aromatic N) is 1. The van der Waals surface area contributed by atoms with Gasteiger partial charge in [-0.15, -0.1) is 0 Å². The molecule has 1 aromatic heterocycles. The third-order valence-electron chi connectivity index (χ3n) is 3.77. The van der Waals surface area contributed by atoms with Gasteiger partial charge in [0.25, 0.3) is 0 Å². The van der Waals surface area contributed by atoms with Crippen LogP contribution in [0.2, 0.25) is 0 Å². The molecule has 2 rings (SSSR count). The van der Waals surface area contributed by atoms with Crippen molar-refractivity contribution in [2.24, 2.45) is 0 Å². The quantitative estimate of drug-likeness (QED) is 0.939. The molecule has 1 aromatic carbocycles. The van der Waals surface area contributed by atoms with Gasteiger partial charge < -0.3 is 9.67 Å². The van der Waals surface area contributed by atoms with E-state index >= 15 is 0 Å². The van der Waals surface area contributed by atoms with Crippen LogP contribution in [0.5, 0.6) is 0 Å². The fourth-order valence-corrected chi connectivity index (χ4v) is 2.36. The van der Waals surface area contributed by atoms with Crippen LogP contribution in [0.3, 0.4) is 0 Å². The molecule has 4 nitrogen and oxygen atoms in total. The van der Waals surface area contributed by atoms with Crippen LogP contribution in [0.15, 0.2) is 35.3 Å². The second-order valence-corrected chi connectivity index (χ2v) is 5.29. The Labute approximate surface area is 123 Å². The molecule has 0 aliphatic carbocycles. The molecule has 0 saturated heterocycles. The zero-order valence-electron chi connectivity index (χ0n) is 12.5. The monoisotopic (exact) mass is 285 g/mol. The van der Waals surface area contributed by atoms with Gasteiger partial charge in [0, 0.05) is 35.6 Å². The van der Waals surface area contributed by atoms with E-state index < -0.39 is 5.97 Å². The highest BCUT2D eigenvalue weighted by molar-refractivity contribution is 5.67. The molecule has 4 heteroatoms. The Hall–Kier alpha value is -2.36. The Balaban J connectivity index is 2.53. The second kappa shape index (κ2) is 5.95. The average molecular weight is 285 g/mol. The van der Waals surface area contributed by atoms with Gasteiger partial charge in [-0.1, -0.05) is 12.1 Å². The van der Waals surface area contributed by atoms with E-state index in [-0.39, 0.29) is 18.3 Å². The molecule has 2 aromatic rings. The number of aryl methyl sites for hydroxylation is 3. The maximum Gasteiger partial charge on any atom is 0.303 e. The summed E-state index contributed by atoms with van der Waals surface area (Å²) in [5.74, 6) is -0.895. The maximum absolute atomic E-state index is 12.0. The minimum absolute atomic E-state index is 0.0366. The van der Waals surface area contributed by atoms with E-state index in [2.05, 4.69) is 0 Å². The predicted octanol–water partition coefficient (Wildman–Crippen LogP) is 2.78. The van der Waals surface area contributed by atoms with E-state index in [1.807, 2.05) is 43.5 Å². The zero-order chi connectivity index (χ0) is 15.6. The number of hydrogen-bond donors (Lipinski definition) is 1. The summed E-state index contributed by atoms with van der Waals surface area (Å²) in [6.07, 6.45) is 1.98. The van der Waals surface area contributed by atoms with E-state index in [4.69, 9.17) is 5.11 Å². The largest absolute Gasteiger partial charge is 0.481 e. The zero-order valence-corrected chi connectivity index (χ0v) is 12.5. The molecule has 1 N–H and O–H groups in total. The molecule has 0 spiro atoms. The molecule has 0 unspecified atom stereocenters.